The average molecular weight is 483 g/mol. The quantitative estimate of drug-likeness (QED) is 0.457. The first kappa shape index (κ1) is 24.0. The fourth-order valence-corrected chi connectivity index (χ4v) is 5.47. The van der Waals surface area contributed by atoms with E-state index in [9.17, 15) is 17.6 Å². The average Bonchev–Trinajstić information content (AvgIpc) is 2.84. The molecule has 178 valence electrons. The van der Waals surface area contributed by atoms with Crippen molar-refractivity contribution in [1.29, 1.82) is 0 Å². The number of nitrogens with zero attached hydrogens (tertiary/aromatic N) is 2. The molecule has 0 atom stereocenters. The molecule has 2 heterocycles. The van der Waals surface area contributed by atoms with Crippen LogP contribution in [0.15, 0.2) is 78.0 Å². The van der Waals surface area contributed by atoms with Gasteiger partial charge in [0.25, 0.3) is 0 Å². The van der Waals surface area contributed by atoms with Gasteiger partial charge in [-0.15, -0.1) is 0 Å². The van der Waals surface area contributed by atoms with E-state index in [0.29, 0.717) is 44.5 Å². The number of benzene rings is 2. The van der Waals surface area contributed by atoms with Crippen molar-refractivity contribution in [2.45, 2.75) is 43.1 Å². The molecule has 0 aliphatic carbocycles. The molecule has 8 heteroatoms. The van der Waals surface area contributed by atoms with Crippen LogP contribution in [0.4, 0.5) is 4.39 Å². The van der Waals surface area contributed by atoms with Gasteiger partial charge >= 0.3 is 0 Å². The number of halogens is 1. The summed E-state index contributed by atoms with van der Waals surface area (Å²) in [6.07, 6.45) is 5.67. The van der Waals surface area contributed by atoms with Crippen LogP contribution in [0.25, 0.3) is 0 Å². The number of sulfonamides is 1. The van der Waals surface area contributed by atoms with Gasteiger partial charge in [0.05, 0.1) is 4.90 Å². The lowest BCUT2D eigenvalue weighted by Gasteiger charge is -2.31. The molecule has 1 fully saturated rings. The van der Waals surface area contributed by atoms with Gasteiger partial charge in [-0.2, -0.15) is 4.31 Å². The number of aryl methyl sites for hydroxylation is 1. The molecule has 0 amide bonds. The fourth-order valence-electron chi connectivity index (χ4n) is 4.00. The lowest BCUT2D eigenvalue weighted by molar-refractivity contribution is -0.118. The van der Waals surface area contributed by atoms with Gasteiger partial charge in [0.15, 0.2) is 0 Å². The Morgan fingerprint density at radius 1 is 1.03 bits per heavy atom. The Bertz CT molecular complexity index is 1210. The summed E-state index contributed by atoms with van der Waals surface area (Å²) >= 11 is 0. The van der Waals surface area contributed by atoms with Crippen LogP contribution in [0, 0.1) is 5.82 Å². The van der Waals surface area contributed by atoms with Crippen LogP contribution in [0.2, 0.25) is 0 Å². The van der Waals surface area contributed by atoms with E-state index in [0.717, 1.165) is 11.1 Å². The topological polar surface area (TPSA) is 76.6 Å². The molecule has 0 N–H and O–H groups in total. The van der Waals surface area contributed by atoms with Crippen LogP contribution >= 0.6 is 0 Å². The number of hydrogen-bond donors (Lipinski definition) is 0. The maximum atomic E-state index is 13.3. The SMILES string of the molecule is O=C(CCc1cccnc1)Cc1ccc(S(=O)(=O)N2CCC(Oc3cccc(F)c3)CC2)cc1. The highest BCUT2D eigenvalue weighted by atomic mass is 32.2. The van der Waals surface area contributed by atoms with Gasteiger partial charge in [0.2, 0.25) is 10.0 Å². The molecule has 4 rings (SSSR count). The van der Waals surface area contributed by atoms with Crippen molar-refractivity contribution in [2.75, 3.05) is 13.1 Å². The predicted molar refractivity (Wildman–Crippen MR) is 127 cm³/mol. The third-order valence-electron chi connectivity index (χ3n) is 5.88. The van der Waals surface area contributed by atoms with Gasteiger partial charge in [-0.3, -0.25) is 9.78 Å². The molecule has 34 heavy (non-hydrogen) atoms. The molecular weight excluding hydrogens is 455 g/mol. The Balaban J connectivity index is 1.29. The lowest BCUT2D eigenvalue weighted by Crippen LogP contribution is -2.41. The summed E-state index contributed by atoms with van der Waals surface area (Å²) in [6.45, 7) is 0.661. The first-order valence-corrected chi connectivity index (χ1v) is 12.8. The zero-order valence-electron chi connectivity index (χ0n) is 18.8. The van der Waals surface area contributed by atoms with Gasteiger partial charge in [-0.25, -0.2) is 12.8 Å². The number of ketones is 1. The predicted octanol–water partition coefficient (Wildman–Crippen LogP) is 4.20. The summed E-state index contributed by atoms with van der Waals surface area (Å²) in [5.74, 6) is 0.183. The van der Waals surface area contributed by atoms with Crippen LogP contribution in [-0.4, -0.2) is 42.7 Å². The van der Waals surface area contributed by atoms with Crippen molar-refractivity contribution in [1.82, 2.24) is 9.29 Å². The highest BCUT2D eigenvalue weighted by Gasteiger charge is 2.30. The second-order valence-corrected chi connectivity index (χ2v) is 10.3. The molecular formula is C26H27FN2O4S. The van der Waals surface area contributed by atoms with Gasteiger partial charge in [-0.05, 0) is 60.7 Å². The van der Waals surface area contributed by atoms with Gasteiger partial charge < -0.3 is 4.74 Å². The molecule has 1 aliphatic heterocycles. The van der Waals surface area contributed by atoms with E-state index in [1.54, 1.807) is 48.8 Å². The number of carbonyl (C=O) groups excluding carboxylic acids is 1. The van der Waals surface area contributed by atoms with Crippen LogP contribution < -0.4 is 4.74 Å². The Kier molecular flexibility index (Phi) is 7.70. The first-order chi connectivity index (χ1) is 16.4. The third kappa shape index (κ3) is 6.27. The zero-order chi connectivity index (χ0) is 24.0. The number of Topliss-reactive ketones (excluding diaryl/α,β-unsaturated/α-hetero) is 1. The minimum Gasteiger partial charge on any atom is -0.490 e. The standard InChI is InChI=1S/C26H27FN2O4S/c27-22-4-1-5-25(18-22)33-24-12-15-29(16-13-24)34(31,32)26-10-7-20(8-11-26)17-23(30)9-6-21-3-2-14-28-19-21/h1-5,7-8,10-11,14,18-19,24H,6,9,12-13,15-17H2. The van der Waals surface area contributed by atoms with E-state index in [2.05, 4.69) is 4.98 Å². The summed E-state index contributed by atoms with van der Waals surface area (Å²) in [7, 11) is -3.63. The zero-order valence-corrected chi connectivity index (χ0v) is 19.6. The van der Waals surface area contributed by atoms with E-state index in [4.69, 9.17) is 4.74 Å². The molecule has 2 aromatic carbocycles. The monoisotopic (exact) mass is 482 g/mol. The van der Waals surface area contributed by atoms with Crippen molar-refractivity contribution >= 4 is 15.8 Å². The number of carbonyl (C=O) groups is 1. The first-order valence-electron chi connectivity index (χ1n) is 11.3. The maximum absolute atomic E-state index is 13.3. The minimum atomic E-state index is -3.63. The van der Waals surface area contributed by atoms with Crippen molar-refractivity contribution in [3.63, 3.8) is 0 Å². The summed E-state index contributed by atoms with van der Waals surface area (Å²) < 4.78 is 46.7. The third-order valence-corrected chi connectivity index (χ3v) is 7.79. The van der Waals surface area contributed by atoms with Gasteiger partial charge in [0, 0.05) is 44.4 Å². The molecule has 0 bridgehead atoms. The number of rotatable bonds is 9. The van der Waals surface area contributed by atoms with Crippen molar-refractivity contribution < 1.29 is 22.3 Å². The minimum absolute atomic E-state index is 0.0971. The Morgan fingerprint density at radius 3 is 2.47 bits per heavy atom. The molecule has 0 saturated carbocycles. The van der Waals surface area contributed by atoms with Crippen LogP contribution in [0.1, 0.15) is 30.4 Å². The van der Waals surface area contributed by atoms with Crippen LogP contribution in [0.5, 0.6) is 5.75 Å². The summed E-state index contributed by atoms with van der Waals surface area (Å²) in [5, 5.41) is 0. The molecule has 1 aliphatic rings. The van der Waals surface area contributed by atoms with Gasteiger partial charge in [-0.1, -0.05) is 24.3 Å². The number of ether oxygens (including phenoxy) is 1. The second kappa shape index (κ2) is 10.9. The summed E-state index contributed by atoms with van der Waals surface area (Å²) in [4.78, 5) is 16.6. The number of hydrogen-bond acceptors (Lipinski definition) is 5. The number of pyridine rings is 1. The molecule has 6 nitrogen and oxygen atoms in total. The molecule has 0 unspecified atom stereocenters. The van der Waals surface area contributed by atoms with Crippen molar-refractivity contribution in [3.8, 4) is 5.75 Å². The molecule has 0 spiro atoms. The maximum Gasteiger partial charge on any atom is 0.243 e. The molecule has 0 radical (unpaired) electrons. The summed E-state index contributed by atoms with van der Waals surface area (Å²) in [5.41, 5.74) is 1.81. The molecule has 1 saturated heterocycles. The second-order valence-electron chi connectivity index (χ2n) is 8.40. The number of aromatic nitrogens is 1. The van der Waals surface area contributed by atoms with Crippen molar-refractivity contribution in [2.24, 2.45) is 0 Å². The van der Waals surface area contributed by atoms with E-state index in [-0.39, 0.29) is 29.0 Å². The summed E-state index contributed by atoms with van der Waals surface area (Å²) in [6, 6.07) is 16.3. The largest absolute Gasteiger partial charge is 0.490 e. The fraction of sp³-hybridized carbons (Fsp3) is 0.308. The van der Waals surface area contributed by atoms with E-state index in [1.807, 2.05) is 12.1 Å². The normalized spacial score (nSPS) is 15.2. The van der Waals surface area contributed by atoms with E-state index < -0.39 is 10.0 Å². The van der Waals surface area contributed by atoms with E-state index >= 15 is 0 Å². The Morgan fingerprint density at radius 2 is 1.79 bits per heavy atom. The Labute approximate surface area is 199 Å². The number of piperidine rings is 1. The van der Waals surface area contributed by atoms with Gasteiger partial charge in [0.1, 0.15) is 23.5 Å². The Hall–Kier alpha value is -3.10. The molecule has 3 aromatic rings. The van der Waals surface area contributed by atoms with E-state index in [1.165, 1.54) is 16.4 Å². The van der Waals surface area contributed by atoms with Crippen LogP contribution in [0.3, 0.4) is 0 Å². The highest BCUT2D eigenvalue weighted by Crippen LogP contribution is 2.24. The smallest absolute Gasteiger partial charge is 0.243 e. The van der Waals surface area contributed by atoms with Crippen molar-refractivity contribution in [3.05, 3.63) is 90.0 Å². The molecule has 1 aromatic heterocycles. The van der Waals surface area contributed by atoms with Crippen LogP contribution in [-0.2, 0) is 27.7 Å². The lowest BCUT2D eigenvalue weighted by atomic mass is 10.0. The highest BCUT2D eigenvalue weighted by molar-refractivity contribution is 7.89.